The van der Waals surface area contributed by atoms with Gasteiger partial charge in [-0.15, -0.1) is 0 Å². The molecule has 0 bridgehead atoms. The van der Waals surface area contributed by atoms with Crippen LogP contribution in [0, 0.1) is 5.92 Å². The van der Waals surface area contributed by atoms with E-state index in [1.807, 2.05) is 0 Å². The highest BCUT2D eigenvalue weighted by Gasteiger charge is 2.39. The number of hydrogen-bond acceptors (Lipinski definition) is 4. The van der Waals surface area contributed by atoms with Gasteiger partial charge in [0.15, 0.2) is 0 Å². The number of esters is 2. The number of rotatable bonds is 5. The lowest BCUT2D eigenvalue weighted by Gasteiger charge is -2.28. The quantitative estimate of drug-likeness (QED) is 0.112. The monoisotopic (exact) mass is 801 g/mol. The molecule has 0 spiro atoms. The molecule has 0 aromatic heterocycles. The summed E-state index contributed by atoms with van der Waals surface area (Å²) in [4.78, 5) is 24.8. The van der Waals surface area contributed by atoms with E-state index in [0.29, 0.717) is 0 Å². The Morgan fingerprint density at radius 1 is 0.350 bits per heavy atom. The Kier molecular flexibility index (Phi) is 11.8. The fourth-order valence-corrected chi connectivity index (χ4v) is 7.18. The first kappa shape index (κ1) is 34.9. The minimum Gasteiger partial charge on any atom is -0.465 e. The molecule has 0 saturated carbocycles. The molecular weight excluding hydrogens is 801 g/mol. The Labute approximate surface area is 292 Å². The van der Waals surface area contributed by atoms with Crippen LogP contribution in [-0.4, -0.2) is 26.2 Å². The Balaban J connectivity index is 2.69. The Bertz CT molecular complexity index is 1430. The van der Waals surface area contributed by atoms with E-state index in [4.69, 9.17) is 160 Å². The second-order valence-corrected chi connectivity index (χ2v) is 12.2. The van der Waals surface area contributed by atoms with E-state index in [2.05, 4.69) is 0 Å². The van der Waals surface area contributed by atoms with Gasteiger partial charge < -0.3 is 9.47 Å². The molecule has 213 valence electrons. The molecule has 0 fully saturated rings. The SMILES string of the molecule is COC(=O)c1c(Cl)c(Cl)c([C](c2c(Cl)c(Cl)c(Cl)c(Cl)c2Cl)c2c(Cl)c(Cl)c(C(=O)OC)c(Cl)c2Cl)c(Cl)c1Cl. The van der Waals surface area contributed by atoms with Crippen LogP contribution in [0.25, 0.3) is 0 Å². The van der Waals surface area contributed by atoms with Gasteiger partial charge >= 0.3 is 11.9 Å². The summed E-state index contributed by atoms with van der Waals surface area (Å²) in [6.07, 6.45) is 0. The zero-order chi connectivity index (χ0) is 30.5. The van der Waals surface area contributed by atoms with Gasteiger partial charge in [-0.1, -0.05) is 151 Å². The van der Waals surface area contributed by atoms with E-state index >= 15 is 0 Å². The Hall–Kier alpha value is 0.370. The van der Waals surface area contributed by atoms with Crippen molar-refractivity contribution in [1.29, 1.82) is 0 Å². The van der Waals surface area contributed by atoms with Gasteiger partial charge in [0.25, 0.3) is 0 Å². The number of hydrogen-bond donors (Lipinski definition) is 0. The lowest BCUT2D eigenvalue weighted by Crippen LogP contribution is -2.14. The van der Waals surface area contributed by atoms with Crippen LogP contribution in [0.4, 0.5) is 0 Å². The summed E-state index contributed by atoms with van der Waals surface area (Å²) in [5.41, 5.74) is -1.33. The van der Waals surface area contributed by atoms with Crippen molar-refractivity contribution in [3.63, 3.8) is 0 Å². The van der Waals surface area contributed by atoms with Gasteiger partial charge in [-0.3, -0.25) is 0 Å². The van der Waals surface area contributed by atoms with Gasteiger partial charge in [-0.2, -0.15) is 0 Å². The van der Waals surface area contributed by atoms with Crippen LogP contribution in [0.3, 0.4) is 0 Å². The van der Waals surface area contributed by atoms with Crippen molar-refractivity contribution < 1.29 is 19.1 Å². The van der Waals surface area contributed by atoms with E-state index in [1.165, 1.54) is 0 Å². The summed E-state index contributed by atoms with van der Waals surface area (Å²) in [6, 6.07) is 0. The smallest absolute Gasteiger partial charge is 0.341 e. The van der Waals surface area contributed by atoms with E-state index in [1.54, 1.807) is 0 Å². The predicted octanol–water partition coefficient (Wildman–Crippen LogP) is 12.8. The van der Waals surface area contributed by atoms with E-state index < -0.39 is 11.9 Å². The molecule has 1 radical (unpaired) electrons. The summed E-state index contributed by atoms with van der Waals surface area (Å²) in [5, 5.41) is -4.21. The van der Waals surface area contributed by atoms with E-state index in [9.17, 15) is 9.59 Å². The van der Waals surface area contributed by atoms with Crippen molar-refractivity contribution in [3.05, 3.63) is 99.0 Å². The van der Waals surface area contributed by atoms with Crippen LogP contribution in [0.2, 0.25) is 65.3 Å². The van der Waals surface area contributed by atoms with Crippen molar-refractivity contribution >= 4 is 163 Å². The average Bonchev–Trinajstić information content (AvgIpc) is 2.92. The molecule has 3 rings (SSSR count). The van der Waals surface area contributed by atoms with Crippen LogP contribution < -0.4 is 0 Å². The molecule has 0 aliphatic rings. The molecule has 3 aromatic carbocycles. The topological polar surface area (TPSA) is 52.6 Å². The Morgan fingerprint density at radius 3 is 0.750 bits per heavy atom. The third-order valence-corrected chi connectivity index (χ3v) is 11.0. The van der Waals surface area contributed by atoms with Gasteiger partial charge in [0, 0.05) is 16.7 Å². The third kappa shape index (κ3) is 5.77. The second-order valence-electron chi connectivity index (χ2n) is 7.31. The van der Waals surface area contributed by atoms with Crippen molar-refractivity contribution in [2.24, 2.45) is 0 Å². The summed E-state index contributed by atoms with van der Waals surface area (Å²) in [6.45, 7) is 0. The first-order valence-corrected chi connectivity index (χ1v) is 14.8. The maximum Gasteiger partial charge on any atom is 0.341 e. The number of benzene rings is 3. The van der Waals surface area contributed by atoms with E-state index in [-0.39, 0.29) is 99.0 Å². The summed E-state index contributed by atoms with van der Waals surface area (Å²) >= 11 is 84.6. The van der Waals surface area contributed by atoms with Crippen molar-refractivity contribution in [1.82, 2.24) is 0 Å². The zero-order valence-corrected chi connectivity index (χ0v) is 28.9. The molecule has 40 heavy (non-hydrogen) atoms. The number of halogens is 13. The highest BCUT2D eigenvalue weighted by molar-refractivity contribution is 6.57. The zero-order valence-electron chi connectivity index (χ0n) is 19.0. The van der Waals surface area contributed by atoms with Crippen LogP contribution in [0.5, 0.6) is 0 Å². The first-order valence-electron chi connectivity index (χ1n) is 9.84. The van der Waals surface area contributed by atoms with Crippen molar-refractivity contribution in [3.8, 4) is 0 Å². The van der Waals surface area contributed by atoms with Crippen LogP contribution in [0.15, 0.2) is 0 Å². The second kappa shape index (κ2) is 13.6. The summed E-state index contributed by atoms with van der Waals surface area (Å²) < 4.78 is 9.46. The minimum atomic E-state index is -0.954. The molecule has 3 aromatic rings. The van der Waals surface area contributed by atoms with Crippen molar-refractivity contribution in [2.45, 2.75) is 0 Å². The largest absolute Gasteiger partial charge is 0.465 e. The first-order chi connectivity index (χ1) is 18.6. The maximum absolute atomic E-state index is 12.4. The molecule has 0 saturated heterocycles. The molecular formula is C23H6Cl13O4. The normalized spacial score (nSPS) is 11.3. The predicted molar refractivity (Wildman–Crippen MR) is 168 cm³/mol. The van der Waals surface area contributed by atoms with Gasteiger partial charge in [0.2, 0.25) is 0 Å². The molecule has 0 N–H and O–H groups in total. The lowest BCUT2D eigenvalue weighted by atomic mass is 9.83. The summed E-state index contributed by atoms with van der Waals surface area (Å²) in [7, 11) is 2.18. The molecule has 4 nitrogen and oxygen atoms in total. The van der Waals surface area contributed by atoms with Crippen LogP contribution in [-0.2, 0) is 9.47 Å². The third-order valence-electron chi connectivity index (χ3n) is 5.27. The van der Waals surface area contributed by atoms with Gasteiger partial charge in [0.05, 0.1) is 96.6 Å². The molecule has 0 amide bonds. The average molecular weight is 807 g/mol. The standard InChI is InChI=1S/C23H6Cl13O4/c1-39-22(37)7-15(30)9(24)4(10(25)16(7)31)3(6-13(28)19(34)21(36)20(35)14(6)29)5-11(26)17(32)8(23(38)40-2)18(33)12(5)27/h1-2H3. The van der Waals surface area contributed by atoms with Gasteiger partial charge in [-0.05, 0) is 0 Å². The molecule has 0 unspecified atom stereocenters. The fourth-order valence-electron chi connectivity index (χ4n) is 3.46. The maximum atomic E-state index is 12.4. The highest BCUT2D eigenvalue weighted by Crippen LogP contribution is 2.57. The van der Waals surface area contributed by atoms with Gasteiger partial charge in [0.1, 0.15) is 0 Å². The van der Waals surface area contributed by atoms with Crippen LogP contribution >= 0.6 is 151 Å². The molecule has 17 heteroatoms. The van der Waals surface area contributed by atoms with Crippen LogP contribution in [0.1, 0.15) is 37.4 Å². The number of methoxy groups -OCH3 is 2. The molecule has 0 aliphatic heterocycles. The number of carbonyl (C=O) groups excluding carboxylic acids is 2. The lowest BCUT2D eigenvalue weighted by molar-refractivity contribution is 0.0592. The highest BCUT2D eigenvalue weighted by atomic mass is 35.5. The minimum absolute atomic E-state index is 0.175. The van der Waals surface area contributed by atoms with Gasteiger partial charge in [-0.25, -0.2) is 9.59 Å². The number of carbonyl (C=O) groups is 2. The van der Waals surface area contributed by atoms with Crippen molar-refractivity contribution in [2.75, 3.05) is 14.2 Å². The number of ether oxygens (including phenoxy) is 2. The molecule has 0 aliphatic carbocycles. The molecule has 0 atom stereocenters. The molecule has 0 heterocycles. The Morgan fingerprint density at radius 2 is 0.525 bits per heavy atom. The summed E-state index contributed by atoms with van der Waals surface area (Å²) in [5.74, 6) is -2.11. The van der Waals surface area contributed by atoms with E-state index in [0.717, 1.165) is 14.2 Å². The fraction of sp³-hybridized carbons (Fsp3) is 0.0870.